The van der Waals surface area contributed by atoms with Crippen molar-refractivity contribution in [3.63, 3.8) is 0 Å². The molecule has 3 nitrogen and oxygen atoms in total. The summed E-state index contributed by atoms with van der Waals surface area (Å²) in [6.45, 7) is 12.0. The molecule has 0 aliphatic carbocycles. The number of Topliss-reactive ketones (excluding diaryl/α,β-unsaturated/α-hetero) is 1. The molecule has 134 valence electrons. The molecular weight excluding hydrogens is 312 g/mol. The molecule has 0 amide bonds. The van der Waals surface area contributed by atoms with Crippen molar-refractivity contribution in [2.75, 3.05) is 0 Å². The Labute approximate surface area is 151 Å². The lowest BCUT2D eigenvalue weighted by atomic mass is 10.0. The largest absolute Gasteiger partial charge is 0.488 e. The average molecular weight is 340 g/mol. The van der Waals surface area contributed by atoms with Gasteiger partial charge in [0.1, 0.15) is 22.7 Å². The fourth-order valence-electron chi connectivity index (χ4n) is 2.38. The van der Waals surface area contributed by atoms with Crippen LogP contribution in [0, 0.1) is 0 Å². The molecule has 0 aromatic heterocycles. The SMILES string of the molecule is CC(C)(C)Oc1ccc(CC(=O)c2ccc(OC(C)(C)C)cc2)cc1. The number of benzene rings is 2. The number of ketones is 1. The molecule has 0 saturated heterocycles. The maximum Gasteiger partial charge on any atom is 0.167 e. The van der Waals surface area contributed by atoms with Crippen molar-refractivity contribution in [1.82, 2.24) is 0 Å². The Morgan fingerprint density at radius 1 is 0.720 bits per heavy atom. The first-order valence-corrected chi connectivity index (χ1v) is 8.62. The molecule has 3 heteroatoms. The Bertz CT molecular complexity index is 699. The Morgan fingerprint density at radius 3 is 1.52 bits per heavy atom. The zero-order valence-corrected chi connectivity index (χ0v) is 16.1. The second-order valence-electron chi connectivity index (χ2n) is 8.20. The van der Waals surface area contributed by atoms with Crippen LogP contribution in [0.3, 0.4) is 0 Å². The van der Waals surface area contributed by atoms with Crippen LogP contribution >= 0.6 is 0 Å². The molecule has 0 atom stereocenters. The minimum Gasteiger partial charge on any atom is -0.488 e. The first-order valence-electron chi connectivity index (χ1n) is 8.62. The van der Waals surface area contributed by atoms with Crippen LogP contribution in [-0.2, 0) is 6.42 Å². The Hall–Kier alpha value is -2.29. The topological polar surface area (TPSA) is 35.5 Å². The van der Waals surface area contributed by atoms with Gasteiger partial charge in [-0.3, -0.25) is 4.79 Å². The summed E-state index contributed by atoms with van der Waals surface area (Å²) in [7, 11) is 0. The van der Waals surface area contributed by atoms with E-state index in [1.165, 1.54) is 0 Å². The van der Waals surface area contributed by atoms with E-state index in [0.717, 1.165) is 17.1 Å². The third kappa shape index (κ3) is 6.61. The minimum absolute atomic E-state index is 0.0896. The maximum atomic E-state index is 12.5. The predicted molar refractivity (Wildman–Crippen MR) is 102 cm³/mol. The van der Waals surface area contributed by atoms with E-state index in [9.17, 15) is 4.79 Å². The zero-order valence-electron chi connectivity index (χ0n) is 16.1. The molecule has 0 aliphatic rings. The van der Waals surface area contributed by atoms with Crippen molar-refractivity contribution in [2.24, 2.45) is 0 Å². The number of rotatable bonds is 5. The molecule has 2 aromatic carbocycles. The van der Waals surface area contributed by atoms with Gasteiger partial charge in [0, 0.05) is 12.0 Å². The smallest absolute Gasteiger partial charge is 0.167 e. The summed E-state index contributed by atoms with van der Waals surface area (Å²) in [5, 5.41) is 0. The van der Waals surface area contributed by atoms with E-state index in [1.807, 2.05) is 90.1 Å². The molecule has 0 radical (unpaired) electrons. The predicted octanol–water partition coefficient (Wildman–Crippen LogP) is 5.47. The highest BCUT2D eigenvalue weighted by molar-refractivity contribution is 5.97. The van der Waals surface area contributed by atoms with Crippen LogP contribution in [0.5, 0.6) is 11.5 Å². The molecule has 25 heavy (non-hydrogen) atoms. The van der Waals surface area contributed by atoms with E-state index in [-0.39, 0.29) is 17.0 Å². The number of hydrogen-bond donors (Lipinski definition) is 0. The van der Waals surface area contributed by atoms with E-state index < -0.39 is 0 Å². The van der Waals surface area contributed by atoms with Gasteiger partial charge in [0.05, 0.1) is 0 Å². The van der Waals surface area contributed by atoms with Crippen molar-refractivity contribution in [3.05, 3.63) is 59.7 Å². The van der Waals surface area contributed by atoms with Crippen LogP contribution in [-0.4, -0.2) is 17.0 Å². The van der Waals surface area contributed by atoms with Crippen molar-refractivity contribution >= 4 is 5.78 Å². The fraction of sp³-hybridized carbons (Fsp3) is 0.409. The van der Waals surface area contributed by atoms with Crippen LogP contribution in [0.4, 0.5) is 0 Å². The van der Waals surface area contributed by atoms with Gasteiger partial charge in [-0.25, -0.2) is 0 Å². The highest BCUT2D eigenvalue weighted by Gasteiger charge is 2.14. The summed E-state index contributed by atoms with van der Waals surface area (Å²) in [5.41, 5.74) is 1.19. The highest BCUT2D eigenvalue weighted by atomic mass is 16.5. The van der Waals surface area contributed by atoms with Gasteiger partial charge in [-0.15, -0.1) is 0 Å². The molecule has 0 heterocycles. The highest BCUT2D eigenvalue weighted by Crippen LogP contribution is 2.21. The van der Waals surface area contributed by atoms with E-state index >= 15 is 0 Å². The summed E-state index contributed by atoms with van der Waals surface area (Å²) < 4.78 is 11.6. The van der Waals surface area contributed by atoms with E-state index in [0.29, 0.717) is 12.0 Å². The number of carbonyl (C=O) groups is 1. The number of hydrogen-bond acceptors (Lipinski definition) is 3. The van der Waals surface area contributed by atoms with Crippen molar-refractivity contribution in [3.8, 4) is 11.5 Å². The molecule has 0 fully saturated rings. The molecule has 0 saturated carbocycles. The van der Waals surface area contributed by atoms with Crippen LogP contribution in [0.1, 0.15) is 57.5 Å². The van der Waals surface area contributed by atoms with Gasteiger partial charge in [-0.1, -0.05) is 12.1 Å². The number of ether oxygens (including phenoxy) is 2. The van der Waals surface area contributed by atoms with Gasteiger partial charge in [-0.2, -0.15) is 0 Å². The van der Waals surface area contributed by atoms with E-state index in [1.54, 1.807) is 0 Å². The van der Waals surface area contributed by atoms with Gasteiger partial charge < -0.3 is 9.47 Å². The summed E-state index contributed by atoms with van der Waals surface area (Å²) >= 11 is 0. The molecule has 0 aliphatic heterocycles. The average Bonchev–Trinajstić information content (AvgIpc) is 2.47. The van der Waals surface area contributed by atoms with Gasteiger partial charge in [0.15, 0.2) is 5.78 Å². The monoisotopic (exact) mass is 340 g/mol. The normalized spacial score (nSPS) is 11.9. The molecular formula is C22H28O3. The quantitative estimate of drug-likeness (QED) is 0.677. The minimum atomic E-state index is -0.248. The van der Waals surface area contributed by atoms with Crippen LogP contribution in [0.25, 0.3) is 0 Å². The summed E-state index contributed by atoms with van der Waals surface area (Å²) in [6, 6.07) is 15.0. The first kappa shape index (κ1) is 19.0. The lowest BCUT2D eigenvalue weighted by molar-refractivity contribution is 0.0992. The van der Waals surface area contributed by atoms with E-state index in [2.05, 4.69) is 0 Å². The van der Waals surface area contributed by atoms with Crippen molar-refractivity contribution in [2.45, 2.75) is 59.2 Å². The molecule has 0 N–H and O–H groups in total. The van der Waals surface area contributed by atoms with Crippen molar-refractivity contribution < 1.29 is 14.3 Å². The van der Waals surface area contributed by atoms with Crippen LogP contribution in [0.15, 0.2) is 48.5 Å². The lowest BCUT2D eigenvalue weighted by Gasteiger charge is -2.21. The van der Waals surface area contributed by atoms with Gasteiger partial charge >= 0.3 is 0 Å². The number of carbonyl (C=O) groups excluding carboxylic acids is 1. The third-order valence-corrected chi connectivity index (χ3v) is 3.31. The Kier molecular flexibility index (Phi) is 5.56. The Balaban J connectivity index is 1.99. The lowest BCUT2D eigenvalue weighted by Crippen LogP contribution is -2.23. The van der Waals surface area contributed by atoms with Gasteiger partial charge in [0.25, 0.3) is 0 Å². The molecule has 0 bridgehead atoms. The molecule has 2 rings (SSSR count). The van der Waals surface area contributed by atoms with Gasteiger partial charge in [0.2, 0.25) is 0 Å². The molecule has 0 unspecified atom stereocenters. The Morgan fingerprint density at radius 2 is 1.12 bits per heavy atom. The maximum absolute atomic E-state index is 12.5. The van der Waals surface area contributed by atoms with Crippen LogP contribution in [0.2, 0.25) is 0 Å². The summed E-state index contributed by atoms with van der Waals surface area (Å²) in [5.74, 6) is 1.67. The summed E-state index contributed by atoms with van der Waals surface area (Å²) in [4.78, 5) is 12.5. The zero-order chi connectivity index (χ0) is 18.7. The second kappa shape index (κ2) is 7.30. The van der Waals surface area contributed by atoms with Gasteiger partial charge in [-0.05, 0) is 83.5 Å². The first-order chi connectivity index (χ1) is 11.5. The van der Waals surface area contributed by atoms with Crippen LogP contribution < -0.4 is 9.47 Å². The van der Waals surface area contributed by atoms with Crippen molar-refractivity contribution in [1.29, 1.82) is 0 Å². The standard InChI is InChI=1S/C22H28O3/c1-21(2,3)24-18-11-7-16(8-12-18)15-20(23)17-9-13-19(14-10-17)25-22(4,5)6/h7-14H,15H2,1-6H3. The third-order valence-electron chi connectivity index (χ3n) is 3.31. The summed E-state index contributed by atoms with van der Waals surface area (Å²) in [6.07, 6.45) is 0.370. The second-order valence-corrected chi connectivity index (χ2v) is 8.20. The molecule has 0 spiro atoms. The molecule has 2 aromatic rings. The fourth-order valence-corrected chi connectivity index (χ4v) is 2.38. The van der Waals surface area contributed by atoms with E-state index in [4.69, 9.17) is 9.47 Å².